The summed E-state index contributed by atoms with van der Waals surface area (Å²) in [6, 6.07) is 7.87. The number of carbonyl (C=O) groups is 1. The number of aliphatic hydroxyl groups is 1. The molecule has 0 radical (unpaired) electrons. The fraction of sp³-hybridized carbons (Fsp3) is 0.533. The summed E-state index contributed by atoms with van der Waals surface area (Å²) in [5.74, 6) is 1.14. The number of rotatable bonds is 4. The van der Waals surface area contributed by atoms with Crippen molar-refractivity contribution in [3.63, 3.8) is 0 Å². The Labute approximate surface area is 124 Å². The predicted octanol–water partition coefficient (Wildman–Crippen LogP) is 2.78. The van der Waals surface area contributed by atoms with Crippen LogP contribution >= 0.6 is 11.8 Å². The molecule has 1 heterocycles. The van der Waals surface area contributed by atoms with Crippen LogP contribution in [0.2, 0.25) is 0 Å². The van der Waals surface area contributed by atoms with Gasteiger partial charge in [0.25, 0.3) is 0 Å². The molecule has 2 rings (SSSR count). The van der Waals surface area contributed by atoms with Gasteiger partial charge in [0.2, 0.25) is 0 Å². The van der Waals surface area contributed by atoms with Gasteiger partial charge in [0.1, 0.15) is 0 Å². The molecule has 2 amide bonds. The van der Waals surface area contributed by atoms with E-state index in [1.807, 2.05) is 18.2 Å². The first kappa shape index (κ1) is 15.2. The van der Waals surface area contributed by atoms with Crippen LogP contribution in [-0.2, 0) is 5.75 Å². The van der Waals surface area contributed by atoms with E-state index in [2.05, 4.69) is 17.6 Å². The Morgan fingerprint density at radius 1 is 1.60 bits per heavy atom. The number of aliphatic hydroxyl groups excluding tert-OH is 1. The van der Waals surface area contributed by atoms with Gasteiger partial charge in [-0.05, 0) is 37.3 Å². The second kappa shape index (κ2) is 6.99. The van der Waals surface area contributed by atoms with Gasteiger partial charge in [0.15, 0.2) is 0 Å². The molecule has 110 valence electrons. The van der Waals surface area contributed by atoms with Gasteiger partial charge >= 0.3 is 6.03 Å². The molecule has 0 bridgehead atoms. The highest BCUT2D eigenvalue weighted by atomic mass is 32.2. The number of urea groups is 1. The number of hydrogen-bond donors (Lipinski definition) is 2. The van der Waals surface area contributed by atoms with Crippen LogP contribution in [-0.4, -0.2) is 41.5 Å². The minimum atomic E-state index is -0.349. The van der Waals surface area contributed by atoms with Gasteiger partial charge < -0.3 is 15.3 Å². The predicted molar refractivity (Wildman–Crippen MR) is 84.0 cm³/mol. The Morgan fingerprint density at radius 2 is 2.40 bits per heavy atom. The zero-order valence-electron chi connectivity index (χ0n) is 12.0. The largest absolute Gasteiger partial charge is 0.393 e. The lowest BCUT2D eigenvalue weighted by atomic mass is 10.0. The van der Waals surface area contributed by atoms with Crippen LogP contribution in [0.25, 0.3) is 0 Å². The third-order valence-electron chi connectivity index (χ3n) is 3.68. The minimum absolute atomic E-state index is 0.0746. The molecule has 1 fully saturated rings. The van der Waals surface area contributed by atoms with Crippen molar-refractivity contribution in [2.75, 3.05) is 24.7 Å². The van der Waals surface area contributed by atoms with Crippen molar-refractivity contribution < 1.29 is 9.90 Å². The van der Waals surface area contributed by atoms with Crippen molar-refractivity contribution in [2.24, 2.45) is 5.92 Å². The van der Waals surface area contributed by atoms with Gasteiger partial charge in [-0.2, -0.15) is 11.8 Å². The highest BCUT2D eigenvalue weighted by Gasteiger charge is 2.28. The highest BCUT2D eigenvalue weighted by Crippen LogP contribution is 2.21. The summed E-state index contributed by atoms with van der Waals surface area (Å²) in [5.41, 5.74) is 2.04. The van der Waals surface area contributed by atoms with Crippen LogP contribution in [0, 0.1) is 5.92 Å². The first-order valence-corrected chi connectivity index (χ1v) is 8.31. The summed E-state index contributed by atoms with van der Waals surface area (Å²) >= 11 is 1.76. The number of amides is 2. The quantitative estimate of drug-likeness (QED) is 0.898. The van der Waals surface area contributed by atoms with E-state index >= 15 is 0 Å². The van der Waals surface area contributed by atoms with E-state index in [0.29, 0.717) is 13.1 Å². The lowest BCUT2D eigenvalue weighted by molar-refractivity contribution is 0.130. The molecular formula is C15H22N2O2S. The topological polar surface area (TPSA) is 52.6 Å². The van der Waals surface area contributed by atoms with Gasteiger partial charge in [0.05, 0.1) is 6.10 Å². The lowest BCUT2D eigenvalue weighted by Crippen LogP contribution is -2.34. The number of anilines is 1. The summed E-state index contributed by atoms with van der Waals surface area (Å²) in [4.78, 5) is 14.0. The van der Waals surface area contributed by atoms with E-state index in [1.54, 1.807) is 23.6 Å². The maximum atomic E-state index is 12.2. The number of thioether (sulfide) groups is 1. The van der Waals surface area contributed by atoms with E-state index in [1.165, 1.54) is 5.56 Å². The number of hydrogen-bond acceptors (Lipinski definition) is 3. The number of likely N-dealkylation sites (tertiary alicyclic amines) is 1. The molecule has 0 aromatic heterocycles. The van der Waals surface area contributed by atoms with E-state index in [9.17, 15) is 9.90 Å². The molecular weight excluding hydrogens is 272 g/mol. The molecule has 0 spiro atoms. The molecule has 0 unspecified atom stereocenters. The average Bonchev–Trinajstić information content (AvgIpc) is 2.89. The molecule has 1 saturated heterocycles. The van der Waals surface area contributed by atoms with Crippen LogP contribution < -0.4 is 5.32 Å². The summed E-state index contributed by atoms with van der Waals surface area (Å²) in [6.07, 6.45) is 2.58. The Balaban J connectivity index is 1.93. The normalized spacial score (nSPS) is 19.9. The smallest absolute Gasteiger partial charge is 0.321 e. The van der Waals surface area contributed by atoms with Gasteiger partial charge in [-0.3, -0.25) is 0 Å². The highest BCUT2D eigenvalue weighted by molar-refractivity contribution is 7.97. The van der Waals surface area contributed by atoms with Crippen LogP contribution in [0.15, 0.2) is 24.3 Å². The first-order valence-electron chi connectivity index (χ1n) is 6.92. The van der Waals surface area contributed by atoms with Crippen LogP contribution in [0.4, 0.5) is 10.5 Å². The fourth-order valence-corrected chi connectivity index (χ4v) is 2.99. The zero-order valence-corrected chi connectivity index (χ0v) is 12.8. The molecule has 2 N–H and O–H groups in total. The number of carbonyl (C=O) groups excluding carboxylic acids is 1. The maximum Gasteiger partial charge on any atom is 0.321 e. The summed E-state index contributed by atoms with van der Waals surface area (Å²) in [5, 5.41) is 12.5. The van der Waals surface area contributed by atoms with E-state index in [-0.39, 0.29) is 18.1 Å². The molecule has 1 aliphatic rings. The SMILES string of the molecule is CSCc1cccc(NC(=O)N2CC[C@H]([C@H](C)O)C2)c1. The molecule has 0 aliphatic carbocycles. The molecule has 4 nitrogen and oxygen atoms in total. The van der Waals surface area contributed by atoms with Crippen molar-refractivity contribution >= 4 is 23.5 Å². The molecule has 1 aromatic rings. The Morgan fingerprint density at radius 3 is 3.05 bits per heavy atom. The maximum absolute atomic E-state index is 12.2. The number of nitrogens with zero attached hydrogens (tertiary/aromatic N) is 1. The lowest BCUT2D eigenvalue weighted by Gasteiger charge is -2.18. The molecule has 20 heavy (non-hydrogen) atoms. The number of nitrogens with one attached hydrogen (secondary N) is 1. The molecule has 5 heteroatoms. The second-order valence-corrected chi connectivity index (χ2v) is 6.16. The molecule has 1 aromatic carbocycles. The summed E-state index contributed by atoms with van der Waals surface area (Å²) in [7, 11) is 0. The molecule has 2 atom stereocenters. The van der Waals surface area contributed by atoms with Crippen LogP contribution in [0.1, 0.15) is 18.9 Å². The van der Waals surface area contributed by atoms with Crippen molar-refractivity contribution in [2.45, 2.75) is 25.2 Å². The first-order chi connectivity index (χ1) is 9.60. The summed E-state index contributed by atoms with van der Waals surface area (Å²) in [6.45, 7) is 3.14. The Kier molecular flexibility index (Phi) is 5.31. The van der Waals surface area contributed by atoms with Gasteiger partial charge in [-0.15, -0.1) is 0 Å². The second-order valence-electron chi connectivity index (χ2n) is 5.30. The van der Waals surface area contributed by atoms with Crippen molar-refractivity contribution in [1.82, 2.24) is 4.90 Å². The van der Waals surface area contributed by atoms with Crippen molar-refractivity contribution in [1.29, 1.82) is 0 Å². The van der Waals surface area contributed by atoms with Crippen molar-refractivity contribution in [3.8, 4) is 0 Å². The summed E-state index contributed by atoms with van der Waals surface area (Å²) < 4.78 is 0. The average molecular weight is 294 g/mol. The van der Waals surface area contributed by atoms with E-state index in [4.69, 9.17) is 0 Å². The monoisotopic (exact) mass is 294 g/mol. The Hall–Kier alpha value is -1.20. The Bertz CT molecular complexity index is 465. The third-order valence-corrected chi connectivity index (χ3v) is 4.31. The van der Waals surface area contributed by atoms with Gasteiger partial charge in [0, 0.05) is 30.4 Å². The number of benzene rings is 1. The fourth-order valence-electron chi connectivity index (χ4n) is 2.47. The standard InChI is InChI=1S/C15H22N2O2S/c1-11(18)13-6-7-17(9-13)15(19)16-14-5-3-4-12(8-14)10-20-2/h3-5,8,11,13,18H,6-7,9-10H2,1-2H3,(H,16,19)/t11-,13-/m0/s1. The molecule has 1 aliphatic heterocycles. The van der Waals surface area contributed by atoms with Gasteiger partial charge in [-0.1, -0.05) is 12.1 Å². The van der Waals surface area contributed by atoms with Crippen LogP contribution in [0.3, 0.4) is 0 Å². The van der Waals surface area contributed by atoms with Gasteiger partial charge in [-0.25, -0.2) is 4.79 Å². The van der Waals surface area contributed by atoms with Crippen LogP contribution in [0.5, 0.6) is 0 Å². The molecule has 0 saturated carbocycles. The van der Waals surface area contributed by atoms with E-state index < -0.39 is 0 Å². The minimum Gasteiger partial charge on any atom is -0.393 e. The van der Waals surface area contributed by atoms with E-state index in [0.717, 1.165) is 17.9 Å². The third kappa shape index (κ3) is 3.90. The van der Waals surface area contributed by atoms with Crippen molar-refractivity contribution in [3.05, 3.63) is 29.8 Å². The zero-order chi connectivity index (χ0) is 14.5.